The molecule has 0 heterocycles. The van der Waals surface area contributed by atoms with E-state index in [4.69, 9.17) is 72.5 Å². The predicted octanol–water partition coefficient (Wildman–Crippen LogP) is 7.19. The van der Waals surface area contributed by atoms with Gasteiger partial charge in [0.25, 0.3) is 0 Å². The molecule has 2 aromatic carbocycles. The number of ether oxygens (including phenoxy) is 1. The molecule has 0 saturated carbocycles. The lowest BCUT2D eigenvalue weighted by atomic mass is 10.1. The van der Waals surface area contributed by atoms with Crippen molar-refractivity contribution < 1.29 is 32.7 Å². The van der Waals surface area contributed by atoms with Crippen molar-refractivity contribution in [1.29, 1.82) is 0 Å². The number of rotatable bonds is 5. The molecule has 30 heavy (non-hydrogen) atoms. The van der Waals surface area contributed by atoms with Crippen LogP contribution in [0.2, 0.25) is 25.1 Å². The van der Waals surface area contributed by atoms with Crippen molar-refractivity contribution in [3.05, 3.63) is 66.6 Å². The molecule has 0 bridgehead atoms. The Morgan fingerprint density at radius 3 is 1.83 bits per heavy atom. The number of carbonyl (C=O) groups excluding carboxylic acids is 1. The fourth-order valence-electron chi connectivity index (χ4n) is 2.17. The molecule has 0 aliphatic carbocycles. The van der Waals surface area contributed by atoms with Crippen molar-refractivity contribution in [3.8, 4) is 5.75 Å². The average Bonchev–Trinajstić information content (AvgIpc) is 2.67. The maximum absolute atomic E-state index is 13.7. The fourth-order valence-corrected chi connectivity index (χ4v) is 3.85. The molecule has 0 spiro atoms. The predicted molar refractivity (Wildman–Crippen MR) is 113 cm³/mol. The lowest BCUT2D eigenvalue weighted by Crippen LogP contribution is -2.13. The summed E-state index contributed by atoms with van der Waals surface area (Å²) in [5, 5.41) is -0.929. The topological polar surface area (TPSA) is 83.8 Å². The highest BCUT2D eigenvalue weighted by Gasteiger charge is 2.50. The van der Waals surface area contributed by atoms with Gasteiger partial charge < -0.3 is 14.5 Å². The molecule has 0 atom stereocenters. The van der Waals surface area contributed by atoms with Gasteiger partial charge in [0.1, 0.15) is 10.0 Å². The summed E-state index contributed by atoms with van der Waals surface area (Å²) in [6.45, 7) is 1.47. The Kier molecular flexibility index (Phi) is 7.87. The second-order valence-electron chi connectivity index (χ2n) is 5.81. The van der Waals surface area contributed by atoms with Crippen LogP contribution in [0.25, 0.3) is 5.57 Å². The van der Waals surface area contributed by atoms with E-state index in [0.29, 0.717) is 5.56 Å². The molecule has 0 fully saturated rings. The highest BCUT2D eigenvalue weighted by Crippen LogP contribution is 2.59. The smallest absolute Gasteiger partial charge is 0.399 e. The minimum absolute atomic E-state index is 0.118. The minimum atomic E-state index is -5.69. The number of halogens is 7. The van der Waals surface area contributed by atoms with Crippen molar-refractivity contribution in [1.82, 2.24) is 0 Å². The first kappa shape index (κ1) is 25.4. The van der Waals surface area contributed by atoms with E-state index < -0.39 is 24.8 Å². The maximum Gasteiger partial charge on any atom is 0.399 e. The van der Waals surface area contributed by atoms with E-state index >= 15 is 0 Å². The quantitative estimate of drug-likeness (QED) is 0.105. The fraction of sp³-hybridized carbons (Fsp3) is 0.118. The van der Waals surface area contributed by atoms with Gasteiger partial charge in [0.05, 0.1) is 15.1 Å². The summed E-state index contributed by atoms with van der Waals surface area (Å²) >= 11 is 29.6. The Hall–Kier alpha value is -0.890. The number of hydrogen-bond acceptors (Lipinski definition) is 3. The molecule has 0 aromatic heterocycles. The molecular weight excluding hydrogens is 530 g/mol. The van der Waals surface area contributed by atoms with Gasteiger partial charge in [-0.15, -0.1) is 0 Å². The minimum Gasteiger partial charge on any atom is -0.420 e. The first-order chi connectivity index (χ1) is 13.7. The van der Waals surface area contributed by atoms with Gasteiger partial charge in [-0.05, 0) is 18.1 Å². The Bertz CT molecular complexity index is 1050. The van der Waals surface area contributed by atoms with E-state index in [9.17, 15) is 18.1 Å². The average molecular weight is 540 g/mol. The molecule has 0 saturated heterocycles. The Morgan fingerprint density at radius 2 is 1.40 bits per heavy atom. The van der Waals surface area contributed by atoms with Crippen LogP contribution in [0.15, 0.2) is 30.3 Å². The van der Waals surface area contributed by atoms with Crippen LogP contribution in [0.5, 0.6) is 5.75 Å². The highest BCUT2D eigenvalue weighted by atomic mass is 35.5. The Morgan fingerprint density at radius 1 is 0.967 bits per heavy atom. The van der Waals surface area contributed by atoms with E-state index in [1.165, 1.54) is 6.92 Å². The normalized spacial score (nSPS) is 12.8. The first-order valence-corrected chi connectivity index (χ1v) is 11.1. The van der Waals surface area contributed by atoms with Gasteiger partial charge in [0, 0.05) is 11.6 Å². The van der Waals surface area contributed by atoms with E-state index in [-0.39, 0.29) is 36.4 Å². The standard InChI is InChI=1S/C17H10Cl5F2O5P/c1-7(8-2-4-9(5-3-8)17(23,24)30(26,27)28)6-10(25)29-16-14(21)12(19)11(18)13(20)15(16)22/h2-6H,1H3,(H2,26,27,28)/b7-6+. The molecule has 0 radical (unpaired) electrons. The van der Waals surface area contributed by atoms with E-state index in [2.05, 4.69) is 0 Å². The van der Waals surface area contributed by atoms with E-state index in [1.54, 1.807) is 0 Å². The summed E-state index contributed by atoms with van der Waals surface area (Å²) in [5.41, 5.74) is -4.63. The molecule has 5 nitrogen and oxygen atoms in total. The summed E-state index contributed by atoms with van der Waals surface area (Å²) in [6.07, 6.45) is 1.01. The van der Waals surface area contributed by atoms with Crippen LogP contribution in [-0.4, -0.2) is 15.8 Å². The molecule has 2 rings (SSSR count). The van der Waals surface area contributed by atoms with Crippen LogP contribution in [0, 0.1) is 0 Å². The SMILES string of the molecule is C/C(=C\C(=O)Oc1c(Cl)c(Cl)c(Cl)c(Cl)c1Cl)c1ccc(C(F)(F)P(=O)(O)O)cc1. The molecule has 0 amide bonds. The van der Waals surface area contributed by atoms with Crippen LogP contribution in [0.3, 0.4) is 0 Å². The Balaban J connectivity index is 2.29. The summed E-state index contributed by atoms with van der Waals surface area (Å²) < 4.78 is 43.4. The third-order valence-corrected chi connectivity index (χ3v) is 6.99. The molecule has 0 unspecified atom stereocenters. The summed E-state index contributed by atoms with van der Waals surface area (Å²) in [5.74, 6) is -1.25. The van der Waals surface area contributed by atoms with Gasteiger partial charge in [-0.2, -0.15) is 8.78 Å². The zero-order chi connectivity index (χ0) is 23.0. The lowest BCUT2D eigenvalue weighted by Gasteiger charge is -2.18. The zero-order valence-corrected chi connectivity index (χ0v) is 19.3. The van der Waals surface area contributed by atoms with Gasteiger partial charge in [0.15, 0.2) is 5.75 Å². The molecule has 0 aliphatic rings. The van der Waals surface area contributed by atoms with Crippen LogP contribution >= 0.6 is 65.6 Å². The first-order valence-electron chi connectivity index (χ1n) is 7.64. The third kappa shape index (κ3) is 5.12. The lowest BCUT2D eigenvalue weighted by molar-refractivity contribution is -0.128. The van der Waals surface area contributed by atoms with Gasteiger partial charge >= 0.3 is 19.2 Å². The third-order valence-electron chi connectivity index (χ3n) is 3.76. The Labute approximate surface area is 194 Å². The summed E-state index contributed by atoms with van der Waals surface area (Å²) in [4.78, 5) is 29.8. The monoisotopic (exact) mass is 538 g/mol. The second-order valence-corrected chi connectivity index (χ2v) is 9.35. The molecule has 2 N–H and O–H groups in total. The maximum atomic E-state index is 13.7. The van der Waals surface area contributed by atoms with Crippen molar-refractivity contribution in [2.24, 2.45) is 0 Å². The highest BCUT2D eigenvalue weighted by molar-refractivity contribution is 7.52. The number of alkyl halides is 2. The van der Waals surface area contributed by atoms with Gasteiger partial charge in [0.2, 0.25) is 0 Å². The van der Waals surface area contributed by atoms with Crippen LogP contribution in [0.4, 0.5) is 8.78 Å². The van der Waals surface area contributed by atoms with Crippen molar-refractivity contribution in [2.45, 2.75) is 12.6 Å². The number of allylic oxidation sites excluding steroid dienone is 1. The van der Waals surface area contributed by atoms with Gasteiger partial charge in [-0.1, -0.05) is 82.3 Å². The van der Waals surface area contributed by atoms with E-state index in [1.807, 2.05) is 0 Å². The van der Waals surface area contributed by atoms with E-state index in [0.717, 1.165) is 30.3 Å². The molecule has 2 aromatic rings. The molecule has 162 valence electrons. The number of carbonyl (C=O) groups is 1. The van der Waals surface area contributed by atoms with Crippen molar-refractivity contribution in [3.63, 3.8) is 0 Å². The van der Waals surface area contributed by atoms with Crippen LogP contribution in [-0.2, 0) is 15.0 Å². The summed E-state index contributed by atoms with van der Waals surface area (Å²) in [6, 6.07) is 4.00. The number of hydrogen-bond donors (Lipinski definition) is 2. The van der Waals surface area contributed by atoms with Crippen molar-refractivity contribution in [2.75, 3.05) is 0 Å². The molecule has 13 heteroatoms. The largest absolute Gasteiger partial charge is 0.420 e. The van der Waals surface area contributed by atoms with Crippen LogP contribution < -0.4 is 4.74 Å². The second kappa shape index (κ2) is 9.31. The van der Waals surface area contributed by atoms with Crippen molar-refractivity contribution >= 4 is 77.1 Å². The van der Waals surface area contributed by atoms with Gasteiger partial charge in [-0.3, -0.25) is 4.57 Å². The zero-order valence-electron chi connectivity index (χ0n) is 14.6. The number of benzene rings is 2. The molecule has 0 aliphatic heterocycles. The molecular formula is C17H10Cl5F2O5P. The summed E-state index contributed by atoms with van der Waals surface area (Å²) in [7, 11) is -5.69. The number of esters is 1. The van der Waals surface area contributed by atoms with Gasteiger partial charge in [-0.25, -0.2) is 4.79 Å². The van der Waals surface area contributed by atoms with Crippen LogP contribution in [0.1, 0.15) is 18.1 Å².